The van der Waals surface area contributed by atoms with Gasteiger partial charge in [0, 0.05) is 6.61 Å². The van der Waals surface area contributed by atoms with Gasteiger partial charge in [-0.15, -0.1) is 6.58 Å². The predicted octanol–water partition coefficient (Wildman–Crippen LogP) is 2.85. The highest BCUT2D eigenvalue weighted by atomic mass is 16.5. The Hall–Kier alpha value is -0.300. The van der Waals surface area contributed by atoms with Gasteiger partial charge in [0.1, 0.15) is 0 Å². The summed E-state index contributed by atoms with van der Waals surface area (Å²) in [6.07, 6.45) is 10.2. The SMILES string of the molecule is C=CCC1OCC[C]C1CCC. The van der Waals surface area contributed by atoms with E-state index < -0.39 is 0 Å². The van der Waals surface area contributed by atoms with Crippen LogP contribution < -0.4 is 0 Å². The molecule has 1 rings (SSSR count). The summed E-state index contributed by atoms with van der Waals surface area (Å²) in [7, 11) is 0. The smallest absolute Gasteiger partial charge is 0.0643 e. The fourth-order valence-corrected chi connectivity index (χ4v) is 1.70. The molecule has 0 aromatic carbocycles. The molecule has 1 aliphatic heterocycles. The van der Waals surface area contributed by atoms with E-state index in [1.54, 1.807) is 0 Å². The van der Waals surface area contributed by atoms with Crippen molar-refractivity contribution < 1.29 is 4.74 Å². The zero-order valence-corrected chi connectivity index (χ0v) is 7.88. The zero-order valence-electron chi connectivity index (χ0n) is 7.88. The van der Waals surface area contributed by atoms with Gasteiger partial charge in [0.15, 0.2) is 0 Å². The Balaban J connectivity index is 2.36. The van der Waals surface area contributed by atoms with Gasteiger partial charge < -0.3 is 4.74 Å². The number of rotatable bonds is 4. The number of hydrogen-bond donors (Lipinski definition) is 0. The van der Waals surface area contributed by atoms with Crippen molar-refractivity contribution in [1.29, 1.82) is 0 Å². The van der Waals surface area contributed by atoms with Crippen LogP contribution in [0.25, 0.3) is 0 Å². The van der Waals surface area contributed by atoms with Crippen molar-refractivity contribution in [3.8, 4) is 0 Å². The molecule has 0 N–H and O–H groups in total. The van der Waals surface area contributed by atoms with Gasteiger partial charge in [0.25, 0.3) is 0 Å². The molecule has 0 saturated carbocycles. The van der Waals surface area contributed by atoms with Gasteiger partial charge in [0.2, 0.25) is 0 Å². The van der Waals surface area contributed by atoms with Crippen LogP contribution in [0.4, 0.5) is 0 Å². The minimum Gasteiger partial charge on any atom is -0.378 e. The monoisotopic (exact) mass is 166 g/mol. The maximum Gasteiger partial charge on any atom is 0.0643 e. The van der Waals surface area contributed by atoms with Crippen LogP contribution in [0, 0.1) is 12.3 Å². The van der Waals surface area contributed by atoms with E-state index in [1.165, 1.54) is 12.8 Å². The Labute approximate surface area is 75.8 Å². The molecule has 0 amide bonds. The van der Waals surface area contributed by atoms with Crippen molar-refractivity contribution in [3.63, 3.8) is 0 Å². The van der Waals surface area contributed by atoms with E-state index in [4.69, 9.17) is 4.74 Å². The topological polar surface area (TPSA) is 9.23 Å². The molecule has 0 aromatic heterocycles. The Bertz CT molecular complexity index is 129. The Morgan fingerprint density at radius 3 is 3.17 bits per heavy atom. The minimum absolute atomic E-state index is 0.358. The molecule has 12 heavy (non-hydrogen) atoms. The van der Waals surface area contributed by atoms with Crippen molar-refractivity contribution in [2.75, 3.05) is 6.61 Å². The lowest BCUT2D eigenvalue weighted by atomic mass is 9.88. The molecule has 2 radical (unpaired) electrons. The Morgan fingerprint density at radius 1 is 1.67 bits per heavy atom. The maximum absolute atomic E-state index is 5.65. The summed E-state index contributed by atoms with van der Waals surface area (Å²) < 4.78 is 5.65. The van der Waals surface area contributed by atoms with E-state index in [0.29, 0.717) is 12.0 Å². The lowest BCUT2D eigenvalue weighted by molar-refractivity contribution is -0.00319. The van der Waals surface area contributed by atoms with E-state index in [1.807, 2.05) is 6.08 Å². The van der Waals surface area contributed by atoms with Crippen LogP contribution in [-0.4, -0.2) is 12.7 Å². The molecule has 2 atom stereocenters. The van der Waals surface area contributed by atoms with Gasteiger partial charge in [-0.3, -0.25) is 0 Å². The lowest BCUT2D eigenvalue weighted by Crippen LogP contribution is -2.29. The molecule has 1 heterocycles. The van der Waals surface area contributed by atoms with Crippen molar-refractivity contribution in [1.82, 2.24) is 0 Å². The van der Waals surface area contributed by atoms with Crippen LogP contribution in [0.15, 0.2) is 12.7 Å². The average molecular weight is 166 g/mol. The highest BCUT2D eigenvalue weighted by Gasteiger charge is 2.24. The molecule has 0 spiro atoms. The van der Waals surface area contributed by atoms with Gasteiger partial charge in [-0.1, -0.05) is 19.4 Å². The Kier molecular flexibility index (Phi) is 4.37. The summed E-state index contributed by atoms with van der Waals surface area (Å²) in [5.41, 5.74) is 0. The third-order valence-corrected chi connectivity index (χ3v) is 2.29. The van der Waals surface area contributed by atoms with Crippen molar-refractivity contribution >= 4 is 0 Å². The van der Waals surface area contributed by atoms with Crippen LogP contribution in [0.5, 0.6) is 0 Å². The fourth-order valence-electron chi connectivity index (χ4n) is 1.70. The Morgan fingerprint density at radius 2 is 2.50 bits per heavy atom. The number of hydrogen-bond acceptors (Lipinski definition) is 1. The first-order valence-electron chi connectivity index (χ1n) is 4.84. The summed E-state index contributed by atoms with van der Waals surface area (Å²) in [5.74, 6) is 0.543. The van der Waals surface area contributed by atoms with Gasteiger partial charge >= 0.3 is 0 Å². The first-order valence-corrected chi connectivity index (χ1v) is 4.84. The summed E-state index contributed by atoms with van der Waals surface area (Å²) >= 11 is 0. The lowest BCUT2D eigenvalue weighted by Gasteiger charge is -2.30. The van der Waals surface area contributed by atoms with Crippen LogP contribution in [0.3, 0.4) is 0 Å². The summed E-state index contributed by atoms with van der Waals surface area (Å²) in [6, 6.07) is 0. The molecule has 0 aliphatic carbocycles. The molecule has 0 aromatic rings. The average Bonchev–Trinajstić information content (AvgIpc) is 2.09. The van der Waals surface area contributed by atoms with E-state index in [2.05, 4.69) is 19.9 Å². The molecular formula is C11H18O. The molecule has 68 valence electrons. The summed E-state index contributed by atoms with van der Waals surface area (Å²) in [5, 5.41) is 0. The van der Waals surface area contributed by atoms with Crippen LogP contribution in [0.2, 0.25) is 0 Å². The van der Waals surface area contributed by atoms with E-state index in [9.17, 15) is 0 Å². The fraction of sp³-hybridized carbons (Fsp3) is 0.727. The normalized spacial score (nSPS) is 30.1. The second-order valence-electron chi connectivity index (χ2n) is 3.28. The van der Waals surface area contributed by atoms with Gasteiger partial charge in [-0.2, -0.15) is 0 Å². The van der Waals surface area contributed by atoms with E-state index in [0.717, 1.165) is 19.4 Å². The largest absolute Gasteiger partial charge is 0.378 e. The van der Waals surface area contributed by atoms with Gasteiger partial charge in [-0.05, 0) is 31.6 Å². The van der Waals surface area contributed by atoms with E-state index in [-0.39, 0.29) is 0 Å². The van der Waals surface area contributed by atoms with E-state index >= 15 is 0 Å². The standard InChI is InChI=1S/C11H18O/c1-3-6-10-8-5-9-12-11(10)7-4-2/h4,10-11H,2-3,5-7,9H2,1H3. The second kappa shape index (κ2) is 5.36. The number of ether oxygens (including phenoxy) is 1. The molecule has 1 fully saturated rings. The summed E-state index contributed by atoms with van der Waals surface area (Å²) in [4.78, 5) is 0. The van der Waals surface area contributed by atoms with Crippen molar-refractivity contribution in [2.24, 2.45) is 5.92 Å². The molecule has 0 bridgehead atoms. The highest BCUT2D eigenvalue weighted by molar-refractivity contribution is 4.89. The zero-order chi connectivity index (χ0) is 8.81. The highest BCUT2D eigenvalue weighted by Crippen LogP contribution is 2.26. The molecule has 1 heteroatoms. The third kappa shape index (κ3) is 2.63. The van der Waals surface area contributed by atoms with Crippen LogP contribution in [-0.2, 0) is 4.74 Å². The predicted molar refractivity (Wildman–Crippen MR) is 50.8 cm³/mol. The first-order chi connectivity index (χ1) is 5.88. The molecule has 1 saturated heterocycles. The van der Waals surface area contributed by atoms with Gasteiger partial charge in [0.05, 0.1) is 6.10 Å². The minimum atomic E-state index is 0.358. The third-order valence-electron chi connectivity index (χ3n) is 2.29. The second-order valence-corrected chi connectivity index (χ2v) is 3.28. The van der Waals surface area contributed by atoms with Crippen molar-refractivity contribution in [3.05, 3.63) is 19.1 Å². The quantitative estimate of drug-likeness (QED) is 0.583. The van der Waals surface area contributed by atoms with Gasteiger partial charge in [-0.25, -0.2) is 0 Å². The molecular weight excluding hydrogens is 148 g/mol. The summed E-state index contributed by atoms with van der Waals surface area (Å²) in [6.45, 7) is 6.80. The molecule has 2 unspecified atom stereocenters. The van der Waals surface area contributed by atoms with Crippen molar-refractivity contribution in [2.45, 2.75) is 38.7 Å². The molecule has 1 aliphatic rings. The van der Waals surface area contributed by atoms with Crippen LogP contribution in [0.1, 0.15) is 32.6 Å². The molecule has 1 nitrogen and oxygen atoms in total. The maximum atomic E-state index is 5.65. The van der Waals surface area contributed by atoms with Crippen LogP contribution >= 0.6 is 0 Å². The first kappa shape index (κ1) is 9.79.